The van der Waals surface area contributed by atoms with Gasteiger partial charge in [0, 0.05) is 49.0 Å². The summed E-state index contributed by atoms with van der Waals surface area (Å²) in [5.74, 6) is 1.69. The highest BCUT2D eigenvalue weighted by molar-refractivity contribution is 5.99. The van der Waals surface area contributed by atoms with Crippen LogP contribution in [0.4, 0.5) is 10.6 Å². The highest BCUT2D eigenvalue weighted by Crippen LogP contribution is 2.39. The molecule has 1 N–H and O–H groups in total. The molecule has 1 amide bonds. The molecule has 5 heterocycles. The maximum Gasteiger partial charge on any atom is 0.407 e. The Kier molecular flexibility index (Phi) is 10.5. The molecule has 0 bridgehead atoms. The van der Waals surface area contributed by atoms with E-state index in [2.05, 4.69) is 39.2 Å². The third-order valence-corrected chi connectivity index (χ3v) is 9.95. The van der Waals surface area contributed by atoms with Gasteiger partial charge in [0.1, 0.15) is 29.5 Å². The van der Waals surface area contributed by atoms with Gasteiger partial charge in [-0.3, -0.25) is 4.79 Å². The summed E-state index contributed by atoms with van der Waals surface area (Å²) in [7, 11) is 0. The number of Topliss-reactive ketones (excluding diaryl/α,β-unsaturated/α-hetero) is 1. The number of benzene rings is 2. The van der Waals surface area contributed by atoms with E-state index < -0.39 is 11.7 Å². The van der Waals surface area contributed by atoms with Crippen LogP contribution >= 0.6 is 0 Å². The van der Waals surface area contributed by atoms with Crippen LogP contribution in [0.1, 0.15) is 96.8 Å². The molecule has 2 aromatic carbocycles. The van der Waals surface area contributed by atoms with Crippen molar-refractivity contribution in [1.29, 1.82) is 0 Å². The summed E-state index contributed by atoms with van der Waals surface area (Å²) in [5.41, 5.74) is 3.29. The smallest absolute Gasteiger partial charge is 0.407 e. The largest absolute Gasteiger partial charge is 0.486 e. The summed E-state index contributed by atoms with van der Waals surface area (Å²) in [5, 5.41) is 11.3. The molecule has 3 aliphatic heterocycles. The zero-order valence-corrected chi connectivity index (χ0v) is 30.4. The van der Waals surface area contributed by atoms with Crippen LogP contribution in [0.15, 0.2) is 42.5 Å². The number of fused-ring (bicyclic) bond motifs is 2. The number of carbonyl (C=O) groups excluding carboxylic acids is 2. The molecule has 2 aromatic heterocycles. The molecule has 3 saturated heterocycles. The normalized spacial score (nSPS) is 21.7. The SMILES string of the molecule is CC(=O)COc1ccc2cc(-c3nn(C4CCCCO4)c4ccc(C5CCCOC5)cc34)nc(N3CCCC[C@H](NC(=O)OC(C)(C)C)C3)c2c1. The number of anilines is 1. The Balaban J connectivity index is 1.34. The lowest BCUT2D eigenvalue weighted by Gasteiger charge is -2.28. The summed E-state index contributed by atoms with van der Waals surface area (Å²) >= 11 is 0. The Bertz CT molecular complexity index is 1870. The minimum Gasteiger partial charge on any atom is -0.486 e. The van der Waals surface area contributed by atoms with Crippen LogP contribution < -0.4 is 15.0 Å². The van der Waals surface area contributed by atoms with Gasteiger partial charge >= 0.3 is 6.09 Å². The minimum atomic E-state index is -0.588. The lowest BCUT2D eigenvalue weighted by atomic mass is 9.92. The van der Waals surface area contributed by atoms with Crippen LogP contribution in [0, 0.1) is 0 Å². The van der Waals surface area contributed by atoms with Crippen LogP contribution in [-0.4, -0.2) is 77.8 Å². The van der Waals surface area contributed by atoms with Crippen LogP contribution in [0.2, 0.25) is 0 Å². The number of hydrogen-bond acceptors (Lipinski definition) is 9. The quantitative estimate of drug-likeness (QED) is 0.198. The zero-order chi connectivity index (χ0) is 35.5. The van der Waals surface area contributed by atoms with Gasteiger partial charge in [-0.2, -0.15) is 5.10 Å². The van der Waals surface area contributed by atoms with Gasteiger partial charge in [0.05, 0.1) is 17.8 Å². The third kappa shape index (κ3) is 8.31. The fourth-order valence-corrected chi connectivity index (χ4v) is 7.51. The Labute approximate surface area is 300 Å². The van der Waals surface area contributed by atoms with Crippen LogP contribution in [0.5, 0.6) is 5.75 Å². The van der Waals surface area contributed by atoms with Gasteiger partial charge in [-0.15, -0.1) is 0 Å². The van der Waals surface area contributed by atoms with E-state index in [0.717, 1.165) is 117 Å². The number of aromatic nitrogens is 3. The van der Waals surface area contributed by atoms with Crippen LogP contribution in [0.3, 0.4) is 0 Å². The second-order valence-electron chi connectivity index (χ2n) is 15.3. The highest BCUT2D eigenvalue weighted by Gasteiger charge is 2.28. The number of alkyl carbamates (subject to hydrolysis) is 1. The van der Waals surface area contributed by atoms with Gasteiger partial charge in [0.2, 0.25) is 0 Å². The molecule has 11 heteroatoms. The van der Waals surface area contributed by atoms with Crippen molar-refractivity contribution in [3.8, 4) is 17.1 Å². The molecular formula is C40H51N5O6. The number of ether oxygens (including phenoxy) is 4. The molecule has 3 aliphatic rings. The second kappa shape index (κ2) is 15.2. The fourth-order valence-electron chi connectivity index (χ4n) is 7.51. The van der Waals surface area contributed by atoms with Gasteiger partial charge in [-0.25, -0.2) is 14.5 Å². The molecule has 0 spiro atoms. The Morgan fingerprint density at radius 3 is 2.59 bits per heavy atom. The van der Waals surface area contributed by atoms with E-state index in [9.17, 15) is 9.59 Å². The zero-order valence-electron chi connectivity index (χ0n) is 30.4. The number of nitrogens with one attached hydrogen (secondary N) is 1. The first kappa shape index (κ1) is 35.2. The number of rotatable bonds is 8. The van der Waals surface area contributed by atoms with Crippen molar-refractivity contribution in [3.63, 3.8) is 0 Å². The molecule has 0 saturated carbocycles. The number of pyridine rings is 1. The number of hydrogen-bond donors (Lipinski definition) is 1. The molecule has 3 fully saturated rings. The van der Waals surface area contributed by atoms with E-state index in [1.165, 1.54) is 12.5 Å². The predicted molar refractivity (Wildman–Crippen MR) is 198 cm³/mol. The van der Waals surface area contributed by atoms with Gasteiger partial charge in [0.15, 0.2) is 12.0 Å². The number of carbonyl (C=O) groups is 2. The van der Waals surface area contributed by atoms with Gasteiger partial charge in [-0.05, 0) is 120 Å². The third-order valence-electron chi connectivity index (χ3n) is 9.95. The molecule has 4 aromatic rings. The van der Waals surface area contributed by atoms with Crippen molar-refractivity contribution >= 4 is 39.4 Å². The first-order valence-electron chi connectivity index (χ1n) is 18.6. The lowest BCUT2D eigenvalue weighted by molar-refractivity contribution is -0.118. The summed E-state index contributed by atoms with van der Waals surface area (Å²) in [6, 6.07) is 14.6. The van der Waals surface area contributed by atoms with E-state index in [-0.39, 0.29) is 24.7 Å². The molecule has 2 unspecified atom stereocenters. The predicted octanol–water partition coefficient (Wildman–Crippen LogP) is 7.70. The second-order valence-corrected chi connectivity index (χ2v) is 15.3. The van der Waals surface area contributed by atoms with E-state index in [1.807, 2.05) is 39.0 Å². The molecule has 272 valence electrons. The van der Waals surface area contributed by atoms with E-state index in [0.29, 0.717) is 18.2 Å². The monoisotopic (exact) mass is 697 g/mol. The molecular weight excluding hydrogens is 646 g/mol. The molecule has 7 rings (SSSR count). The van der Waals surface area contributed by atoms with Crippen LogP contribution in [-0.2, 0) is 19.0 Å². The Morgan fingerprint density at radius 1 is 0.961 bits per heavy atom. The Hall–Kier alpha value is -4.22. The van der Waals surface area contributed by atoms with Crippen molar-refractivity contribution in [3.05, 3.63) is 48.0 Å². The van der Waals surface area contributed by atoms with Crippen molar-refractivity contribution in [2.75, 3.05) is 44.4 Å². The standard InChI is InChI=1S/C40H51N5O6/c1-26(46)24-50-31-15-13-28-21-34(42-38(32(28)22-31)44-17-7-5-11-30(23-44)41-39(47)51-40(2,3)4)37-33-20-27(29-10-9-18-48-25-29)14-16-35(33)45(43-37)36-12-6-8-19-49-36/h13-16,20-22,29-30,36H,5-12,17-19,23-25H2,1-4H3,(H,41,47)/t29?,30-,36?/m0/s1. The Morgan fingerprint density at radius 2 is 1.82 bits per heavy atom. The molecule has 0 radical (unpaired) electrons. The number of amides is 1. The maximum atomic E-state index is 12.9. The number of ketones is 1. The highest BCUT2D eigenvalue weighted by atomic mass is 16.6. The summed E-state index contributed by atoms with van der Waals surface area (Å²) < 4.78 is 25.7. The lowest BCUT2D eigenvalue weighted by Crippen LogP contribution is -2.45. The molecule has 0 aliphatic carbocycles. The molecule has 51 heavy (non-hydrogen) atoms. The van der Waals surface area contributed by atoms with Gasteiger partial charge in [0.25, 0.3) is 0 Å². The van der Waals surface area contributed by atoms with Crippen molar-refractivity contribution < 1.29 is 28.5 Å². The fraction of sp³-hybridized carbons (Fsp3) is 0.550. The van der Waals surface area contributed by atoms with Gasteiger partial charge in [-0.1, -0.05) is 12.1 Å². The summed E-state index contributed by atoms with van der Waals surface area (Å²) in [4.78, 5) is 32.3. The van der Waals surface area contributed by atoms with E-state index in [1.54, 1.807) is 0 Å². The summed E-state index contributed by atoms with van der Waals surface area (Å²) in [6.07, 6.45) is 7.42. The maximum absolute atomic E-state index is 12.9. The minimum absolute atomic E-state index is 0.00101. The first-order chi connectivity index (χ1) is 24.6. The van der Waals surface area contributed by atoms with Crippen molar-refractivity contribution in [2.45, 2.75) is 103 Å². The molecule has 11 nitrogen and oxygen atoms in total. The van der Waals surface area contributed by atoms with Crippen molar-refractivity contribution in [2.24, 2.45) is 0 Å². The van der Waals surface area contributed by atoms with E-state index in [4.69, 9.17) is 29.0 Å². The van der Waals surface area contributed by atoms with Crippen molar-refractivity contribution in [1.82, 2.24) is 20.1 Å². The van der Waals surface area contributed by atoms with E-state index >= 15 is 0 Å². The molecule has 3 atom stereocenters. The first-order valence-corrected chi connectivity index (χ1v) is 18.6. The van der Waals surface area contributed by atoms with Crippen LogP contribution in [0.25, 0.3) is 33.1 Å². The van der Waals surface area contributed by atoms with Gasteiger partial charge < -0.3 is 29.2 Å². The summed E-state index contributed by atoms with van der Waals surface area (Å²) in [6.45, 7) is 10.7. The average molecular weight is 698 g/mol. The topological polar surface area (TPSA) is 117 Å². The average Bonchev–Trinajstić information content (AvgIpc) is 3.35. The number of nitrogens with zero attached hydrogens (tertiary/aromatic N) is 4.